The fourth-order valence-electron chi connectivity index (χ4n) is 0.888. The minimum absolute atomic E-state index is 0.161. The molecule has 0 unspecified atom stereocenters. The molecule has 0 bridgehead atoms. The van der Waals surface area contributed by atoms with Crippen LogP contribution in [0.15, 0.2) is 0 Å². The molecule has 0 rings (SSSR count). The van der Waals surface area contributed by atoms with Crippen molar-refractivity contribution >= 4 is 5.91 Å². The van der Waals surface area contributed by atoms with E-state index < -0.39 is 0 Å². The summed E-state index contributed by atoms with van der Waals surface area (Å²) in [6.07, 6.45) is 3.33. The molecule has 0 saturated carbocycles. The van der Waals surface area contributed by atoms with Crippen molar-refractivity contribution in [2.45, 2.75) is 33.1 Å². The van der Waals surface area contributed by atoms with Gasteiger partial charge < -0.3 is 5.32 Å². The summed E-state index contributed by atoms with van der Waals surface area (Å²) in [6.45, 7) is 4.10. The highest BCUT2D eigenvalue weighted by molar-refractivity contribution is 5.77. The molecule has 60 valence electrons. The number of unbranched alkanes of at least 4 members (excludes halogenated alkanes) is 1. The van der Waals surface area contributed by atoms with Crippen molar-refractivity contribution in [2.75, 3.05) is 7.05 Å². The van der Waals surface area contributed by atoms with Crippen molar-refractivity contribution in [3.8, 4) is 0 Å². The van der Waals surface area contributed by atoms with Crippen LogP contribution in [0.2, 0.25) is 0 Å². The molecule has 2 heteroatoms. The molecule has 0 heterocycles. The summed E-state index contributed by atoms with van der Waals surface area (Å²) in [6, 6.07) is 0. The van der Waals surface area contributed by atoms with Crippen molar-refractivity contribution < 1.29 is 4.79 Å². The second kappa shape index (κ2) is 5.27. The monoisotopic (exact) mass is 143 g/mol. The number of amides is 1. The fraction of sp³-hybridized carbons (Fsp3) is 0.875. The van der Waals surface area contributed by atoms with E-state index in [-0.39, 0.29) is 11.8 Å². The normalized spacial score (nSPS) is 12.7. The van der Waals surface area contributed by atoms with Crippen molar-refractivity contribution in [2.24, 2.45) is 5.92 Å². The van der Waals surface area contributed by atoms with Gasteiger partial charge in [-0.15, -0.1) is 0 Å². The molecule has 0 saturated heterocycles. The lowest BCUT2D eigenvalue weighted by atomic mass is 10.0. The summed E-state index contributed by atoms with van der Waals surface area (Å²) < 4.78 is 0. The van der Waals surface area contributed by atoms with Gasteiger partial charge in [0.15, 0.2) is 0 Å². The first-order chi connectivity index (χ1) is 4.72. The first-order valence-corrected chi connectivity index (χ1v) is 3.94. The van der Waals surface area contributed by atoms with Gasteiger partial charge in [0.25, 0.3) is 0 Å². The Balaban J connectivity index is 3.41. The minimum Gasteiger partial charge on any atom is -0.359 e. The van der Waals surface area contributed by atoms with Crippen molar-refractivity contribution in [1.82, 2.24) is 5.32 Å². The van der Waals surface area contributed by atoms with E-state index in [1.54, 1.807) is 7.05 Å². The smallest absolute Gasteiger partial charge is 0.222 e. The Hall–Kier alpha value is -0.530. The van der Waals surface area contributed by atoms with E-state index in [1.165, 1.54) is 6.42 Å². The Morgan fingerprint density at radius 2 is 2.20 bits per heavy atom. The highest BCUT2D eigenvalue weighted by Crippen LogP contribution is 2.06. The number of carbonyl (C=O) groups excluding carboxylic acids is 1. The molecule has 0 radical (unpaired) electrons. The van der Waals surface area contributed by atoms with Gasteiger partial charge in [-0.25, -0.2) is 0 Å². The maximum Gasteiger partial charge on any atom is 0.222 e. The van der Waals surface area contributed by atoms with Gasteiger partial charge in [0.05, 0.1) is 0 Å². The Labute approximate surface area is 63.0 Å². The zero-order valence-corrected chi connectivity index (χ0v) is 7.11. The molecular weight excluding hydrogens is 126 g/mol. The maximum absolute atomic E-state index is 10.9. The number of hydrogen-bond donors (Lipinski definition) is 1. The largest absolute Gasteiger partial charge is 0.359 e. The second-order valence-electron chi connectivity index (χ2n) is 2.66. The van der Waals surface area contributed by atoms with Crippen molar-refractivity contribution in [1.29, 1.82) is 0 Å². The first-order valence-electron chi connectivity index (χ1n) is 3.94. The van der Waals surface area contributed by atoms with E-state index in [4.69, 9.17) is 0 Å². The van der Waals surface area contributed by atoms with Crippen molar-refractivity contribution in [3.05, 3.63) is 0 Å². The summed E-state index contributed by atoms with van der Waals surface area (Å²) >= 11 is 0. The lowest BCUT2D eigenvalue weighted by Crippen LogP contribution is -2.25. The molecule has 1 amide bonds. The molecule has 0 aromatic carbocycles. The molecule has 1 atom stereocenters. The summed E-state index contributed by atoms with van der Waals surface area (Å²) in [7, 11) is 1.69. The van der Waals surface area contributed by atoms with Crippen LogP contribution in [0.5, 0.6) is 0 Å². The van der Waals surface area contributed by atoms with E-state index in [2.05, 4.69) is 12.2 Å². The number of rotatable bonds is 4. The molecule has 0 fully saturated rings. The fourth-order valence-corrected chi connectivity index (χ4v) is 0.888. The van der Waals surface area contributed by atoms with Crippen LogP contribution >= 0.6 is 0 Å². The van der Waals surface area contributed by atoms with Crippen LogP contribution in [-0.4, -0.2) is 13.0 Å². The van der Waals surface area contributed by atoms with E-state index in [0.29, 0.717) is 0 Å². The molecule has 0 aromatic rings. The van der Waals surface area contributed by atoms with Gasteiger partial charge in [0.1, 0.15) is 0 Å². The molecule has 1 N–H and O–H groups in total. The topological polar surface area (TPSA) is 29.1 Å². The zero-order chi connectivity index (χ0) is 7.98. The maximum atomic E-state index is 10.9. The Kier molecular flexibility index (Phi) is 4.99. The average Bonchev–Trinajstić information content (AvgIpc) is 1.98. The predicted octanol–water partition coefficient (Wildman–Crippen LogP) is 1.56. The molecule has 10 heavy (non-hydrogen) atoms. The number of nitrogens with one attached hydrogen (secondary N) is 1. The van der Waals surface area contributed by atoms with Crippen LogP contribution in [-0.2, 0) is 4.79 Å². The summed E-state index contributed by atoms with van der Waals surface area (Å²) in [5.41, 5.74) is 0. The first kappa shape index (κ1) is 9.47. The highest BCUT2D eigenvalue weighted by Gasteiger charge is 2.08. The molecule has 0 spiro atoms. The van der Waals surface area contributed by atoms with Crippen LogP contribution in [0.25, 0.3) is 0 Å². The molecule has 0 aliphatic heterocycles. The average molecular weight is 143 g/mol. The Morgan fingerprint density at radius 1 is 1.60 bits per heavy atom. The van der Waals surface area contributed by atoms with Crippen LogP contribution in [0.3, 0.4) is 0 Å². The lowest BCUT2D eigenvalue weighted by Gasteiger charge is -2.07. The van der Waals surface area contributed by atoms with Gasteiger partial charge in [0.2, 0.25) is 5.91 Å². The molecule has 0 aliphatic rings. The molecular formula is C8H17NO. The van der Waals surface area contributed by atoms with Crippen LogP contribution < -0.4 is 5.32 Å². The molecule has 0 aromatic heterocycles. The summed E-state index contributed by atoms with van der Waals surface area (Å²) in [4.78, 5) is 10.9. The summed E-state index contributed by atoms with van der Waals surface area (Å²) in [5.74, 6) is 0.346. The number of hydrogen-bond acceptors (Lipinski definition) is 1. The van der Waals surface area contributed by atoms with Gasteiger partial charge in [-0.1, -0.05) is 26.7 Å². The molecule has 0 aliphatic carbocycles. The minimum atomic E-state index is 0.161. The highest BCUT2D eigenvalue weighted by atomic mass is 16.1. The lowest BCUT2D eigenvalue weighted by molar-refractivity contribution is -0.124. The van der Waals surface area contributed by atoms with Gasteiger partial charge in [-0.3, -0.25) is 4.79 Å². The van der Waals surface area contributed by atoms with E-state index in [1.807, 2.05) is 6.92 Å². The molecule has 2 nitrogen and oxygen atoms in total. The zero-order valence-electron chi connectivity index (χ0n) is 7.11. The SMILES string of the molecule is CCCC[C@H](C)C(=O)NC. The van der Waals surface area contributed by atoms with Crippen LogP contribution in [0.1, 0.15) is 33.1 Å². The van der Waals surface area contributed by atoms with Crippen molar-refractivity contribution in [3.63, 3.8) is 0 Å². The predicted molar refractivity (Wildman–Crippen MR) is 42.8 cm³/mol. The van der Waals surface area contributed by atoms with Gasteiger partial charge >= 0.3 is 0 Å². The quantitative estimate of drug-likeness (QED) is 0.635. The number of carbonyl (C=O) groups is 1. The standard InChI is InChI=1S/C8H17NO/c1-4-5-6-7(2)8(10)9-3/h7H,4-6H2,1-3H3,(H,9,10)/t7-/m0/s1. The van der Waals surface area contributed by atoms with E-state index >= 15 is 0 Å². The van der Waals surface area contributed by atoms with Gasteiger partial charge in [-0.2, -0.15) is 0 Å². The van der Waals surface area contributed by atoms with Crippen LogP contribution in [0, 0.1) is 5.92 Å². The second-order valence-corrected chi connectivity index (χ2v) is 2.66. The Morgan fingerprint density at radius 3 is 2.60 bits per heavy atom. The Bertz CT molecular complexity index is 101. The van der Waals surface area contributed by atoms with Crippen LogP contribution in [0.4, 0.5) is 0 Å². The third-order valence-electron chi connectivity index (χ3n) is 1.68. The third kappa shape index (κ3) is 3.49. The van der Waals surface area contributed by atoms with E-state index in [9.17, 15) is 4.79 Å². The summed E-state index contributed by atoms with van der Waals surface area (Å²) in [5, 5.41) is 2.63. The van der Waals surface area contributed by atoms with E-state index in [0.717, 1.165) is 12.8 Å². The van der Waals surface area contributed by atoms with Gasteiger partial charge in [0, 0.05) is 13.0 Å². The van der Waals surface area contributed by atoms with Gasteiger partial charge in [-0.05, 0) is 6.42 Å². The third-order valence-corrected chi connectivity index (χ3v) is 1.68.